The fourth-order valence-electron chi connectivity index (χ4n) is 1.21. The van der Waals surface area contributed by atoms with Gasteiger partial charge in [-0.2, -0.15) is 0 Å². The molecule has 0 aromatic heterocycles. The molecule has 24 heavy (non-hydrogen) atoms. The standard InChI is InChI=1S/C10H22O4S2.C5H11ClO2/c11-3-7-13-5-1-9-15-16-10-2-6-14-8-4-12;6-2-1-4-8-5-3-7/h11-12H,1-10H2;7H,1-5H2. The first-order valence-corrected chi connectivity index (χ1v) is 11.2. The molecule has 0 amide bonds. The van der Waals surface area contributed by atoms with Crippen LogP contribution < -0.4 is 0 Å². The number of alkyl halides is 1. The van der Waals surface area contributed by atoms with Gasteiger partial charge in [-0.25, -0.2) is 0 Å². The number of rotatable bonds is 18. The second kappa shape index (κ2) is 28.5. The van der Waals surface area contributed by atoms with Crippen molar-refractivity contribution >= 4 is 33.2 Å². The van der Waals surface area contributed by atoms with E-state index in [4.69, 9.17) is 41.1 Å². The number of halogens is 1. The van der Waals surface area contributed by atoms with Gasteiger partial charge in [0.1, 0.15) is 0 Å². The molecule has 148 valence electrons. The molecule has 0 rings (SSSR count). The molecule has 0 aliphatic heterocycles. The number of hydrogen-bond acceptors (Lipinski definition) is 8. The van der Waals surface area contributed by atoms with Gasteiger partial charge in [0, 0.05) is 37.2 Å². The Labute approximate surface area is 159 Å². The van der Waals surface area contributed by atoms with E-state index >= 15 is 0 Å². The molecule has 6 nitrogen and oxygen atoms in total. The number of aliphatic hydroxyl groups excluding tert-OH is 3. The summed E-state index contributed by atoms with van der Waals surface area (Å²) in [6, 6.07) is 0. The molecule has 0 atom stereocenters. The second-order valence-electron chi connectivity index (χ2n) is 4.40. The summed E-state index contributed by atoms with van der Waals surface area (Å²) in [7, 11) is 3.69. The molecular formula is C15H33ClO6S2. The molecule has 3 N–H and O–H groups in total. The number of hydrogen-bond donors (Lipinski definition) is 3. The van der Waals surface area contributed by atoms with Gasteiger partial charge in [-0.1, -0.05) is 21.6 Å². The van der Waals surface area contributed by atoms with Crippen LogP contribution in [-0.2, 0) is 14.2 Å². The predicted molar refractivity (Wildman–Crippen MR) is 103 cm³/mol. The molecule has 0 unspecified atom stereocenters. The van der Waals surface area contributed by atoms with Gasteiger partial charge in [0.15, 0.2) is 0 Å². The Kier molecular flexibility index (Phi) is 32.1. The van der Waals surface area contributed by atoms with Crippen LogP contribution >= 0.6 is 33.2 Å². The average Bonchev–Trinajstić information content (AvgIpc) is 2.60. The monoisotopic (exact) mass is 408 g/mol. The highest BCUT2D eigenvalue weighted by Gasteiger charge is 1.93. The van der Waals surface area contributed by atoms with Crippen LogP contribution in [0.3, 0.4) is 0 Å². The van der Waals surface area contributed by atoms with Crippen LogP contribution in [0.15, 0.2) is 0 Å². The van der Waals surface area contributed by atoms with Gasteiger partial charge < -0.3 is 29.5 Å². The van der Waals surface area contributed by atoms with Crippen molar-refractivity contribution in [1.82, 2.24) is 0 Å². The molecule has 0 aromatic rings. The first-order valence-electron chi connectivity index (χ1n) is 8.19. The van der Waals surface area contributed by atoms with Crippen molar-refractivity contribution in [2.75, 3.05) is 76.8 Å². The topological polar surface area (TPSA) is 88.4 Å². The van der Waals surface area contributed by atoms with Gasteiger partial charge in [0.05, 0.1) is 39.6 Å². The minimum absolute atomic E-state index is 0.0995. The highest BCUT2D eigenvalue weighted by Crippen LogP contribution is 2.22. The highest BCUT2D eigenvalue weighted by molar-refractivity contribution is 8.76. The SMILES string of the molecule is OCCOCCCCl.OCCOCCCSSCCCOCCO. The maximum absolute atomic E-state index is 8.47. The molecule has 0 bridgehead atoms. The fraction of sp³-hybridized carbons (Fsp3) is 1.00. The zero-order valence-corrected chi connectivity index (χ0v) is 16.8. The molecule has 9 heteroatoms. The molecule has 0 spiro atoms. The second-order valence-corrected chi connectivity index (χ2v) is 7.48. The zero-order chi connectivity index (χ0) is 18.1. The van der Waals surface area contributed by atoms with Gasteiger partial charge in [0.2, 0.25) is 0 Å². The number of ether oxygens (including phenoxy) is 3. The Hall–Kier alpha value is 0.750. The van der Waals surface area contributed by atoms with E-state index in [-0.39, 0.29) is 19.8 Å². The summed E-state index contributed by atoms with van der Waals surface area (Å²) in [5.41, 5.74) is 0. The van der Waals surface area contributed by atoms with E-state index in [9.17, 15) is 0 Å². The lowest BCUT2D eigenvalue weighted by atomic mass is 10.5. The molecular weight excluding hydrogens is 376 g/mol. The van der Waals surface area contributed by atoms with Crippen LogP contribution in [0.25, 0.3) is 0 Å². The van der Waals surface area contributed by atoms with E-state index in [0.29, 0.717) is 32.3 Å². The summed E-state index contributed by atoms with van der Waals surface area (Å²) in [6.07, 6.45) is 2.92. The summed E-state index contributed by atoms with van der Waals surface area (Å²) in [6.45, 7) is 3.75. The Balaban J connectivity index is 0. The van der Waals surface area contributed by atoms with Crippen LogP contribution in [-0.4, -0.2) is 92.2 Å². The van der Waals surface area contributed by atoms with E-state index in [1.165, 1.54) is 0 Å². The third-order valence-electron chi connectivity index (χ3n) is 2.25. The third-order valence-corrected chi connectivity index (χ3v) is 5.09. The molecule has 0 heterocycles. The van der Waals surface area contributed by atoms with Crippen LogP contribution in [0, 0.1) is 0 Å². The molecule has 0 fully saturated rings. The van der Waals surface area contributed by atoms with Crippen molar-refractivity contribution in [1.29, 1.82) is 0 Å². The van der Waals surface area contributed by atoms with Crippen molar-refractivity contribution in [3.05, 3.63) is 0 Å². The highest BCUT2D eigenvalue weighted by atomic mass is 35.5. The summed E-state index contributed by atoms with van der Waals surface area (Å²) in [4.78, 5) is 0. The van der Waals surface area contributed by atoms with Crippen molar-refractivity contribution in [2.24, 2.45) is 0 Å². The lowest BCUT2D eigenvalue weighted by molar-refractivity contribution is 0.0931. The van der Waals surface area contributed by atoms with E-state index in [1.807, 2.05) is 21.6 Å². The first-order chi connectivity index (χ1) is 11.8. The molecule has 0 radical (unpaired) electrons. The average molecular weight is 409 g/mol. The van der Waals surface area contributed by atoms with E-state index in [1.54, 1.807) is 0 Å². The van der Waals surface area contributed by atoms with E-state index in [0.717, 1.165) is 44.0 Å². The molecule has 0 aliphatic rings. The minimum Gasteiger partial charge on any atom is -0.394 e. The molecule has 0 saturated heterocycles. The Morgan fingerprint density at radius 3 is 1.29 bits per heavy atom. The van der Waals surface area contributed by atoms with Crippen molar-refractivity contribution in [2.45, 2.75) is 19.3 Å². The zero-order valence-electron chi connectivity index (χ0n) is 14.4. The lowest BCUT2D eigenvalue weighted by Gasteiger charge is -2.03. The first kappa shape index (κ1) is 27.0. The Bertz CT molecular complexity index is 187. The quantitative estimate of drug-likeness (QED) is 0.180. The third kappa shape index (κ3) is 30.6. The summed E-state index contributed by atoms with van der Waals surface area (Å²) in [5, 5.41) is 25.1. The van der Waals surface area contributed by atoms with Gasteiger partial charge >= 0.3 is 0 Å². The molecule has 0 aromatic carbocycles. The number of aliphatic hydroxyl groups is 3. The van der Waals surface area contributed by atoms with Gasteiger partial charge in [-0.05, 0) is 19.3 Å². The normalized spacial score (nSPS) is 10.5. The predicted octanol–water partition coefficient (Wildman–Crippen LogP) is 1.79. The summed E-state index contributed by atoms with van der Waals surface area (Å²) < 4.78 is 15.2. The summed E-state index contributed by atoms with van der Waals surface area (Å²) in [5.74, 6) is 2.78. The molecule has 0 saturated carbocycles. The minimum atomic E-state index is 0.0995. The maximum Gasteiger partial charge on any atom is 0.0697 e. The Morgan fingerprint density at radius 2 is 0.958 bits per heavy atom. The van der Waals surface area contributed by atoms with Crippen LogP contribution in [0.2, 0.25) is 0 Å². The van der Waals surface area contributed by atoms with Crippen molar-refractivity contribution in [3.8, 4) is 0 Å². The Morgan fingerprint density at radius 1 is 0.583 bits per heavy atom. The van der Waals surface area contributed by atoms with Gasteiger partial charge in [-0.15, -0.1) is 11.6 Å². The lowest BCUT2D eigenvalue weighted by Crippen LogP contribution is -2.01. The van der Waals surface area contributed by atoms with Gasteiger partial charge in [-0.3, -0.25) is 0 Å². The fourth-order valence-corrected chi connectivity index (χ4v) is 3.44. The smallest absolute Gasteiger partial charge is 0.0697 e. The van der Waals surface area contributed by atoms with Crippen molar-refractivity contribution in [3.63, 3.8) is 0 Å². The largest absolute Gasteiger partial charge is 0.394 e. The van der Waals surface area contributed by atoms with Crippen LogP contribution in [0.5, 0.6) is 0 Å². The molecule has 0 aliphatic carbocycles. The van der Waals surface area contributed by atoms with E-state index in [2.05, 4.69) is 0 Å². The van der Waals surface area contributed by atoms with Crippen LogP contribution in [0.4, 0.5) is 0 Å². The summed E-state index contributed by atoms with van der Waals surface area (Å²) >= 11 is 5.34. The van der Waals surface area contributed by atoms with Gasteiger partial charge in [0.25, 0.3) is 0 Å². The van der Waals surface area contributed by atoms with Crippen molar-refractivity contribution < 1.29 is 29.5 Å². The van der Waals surface area contributed by atoms with E-state index < -0.39 is 0 Å². The van der Waals surface area contributed by atoms with Crippen LogP contribution in [0.1, 0.15) is 19.3 Å². The maximum atomic E-state index is 8.47.